The third kappa shape index (κ3) is 4.83. The van der Waals surface area contributed by atoms with Crippen LogP contribution in [0.4, 0.5) is 5.13 Å². The molecule has 27 heavy (non-hydrogen) atoms. The predicted octanol–water partition coefficient (Wildman–Crippen LogP) is 3.02. The van der Waals surface area contributed by atoms with Crippen LogP contribution in [0, 0.1) is 5.92 Å². The molecule has 2 aromatic rings. The van der Waals surface area contributed by atoms with Gasteiger partial charge in [0.15, 0.2) is 4.34 Å². The first-order valence-corrected chi connectivity index (χ1v) is 13.0. The molecular formula is C16H20N4O3S4. The van der Waals surface area contributed by atoms with Crippen molar-refractivity contribution in [2.24, 2.45) is 5.92 Å². The normalized spacial score (nSPS) is 16.4. The summed E-state index contributed by atoms with van der Waals surface area (Å²) in [6.45, 7) is 0.660. The first-order chi connectivity index (χ1) is 12.9. The maximum atomic E-state index is 12.8. The summed E-state index contributed by atoms with van der Waals surface area (Å²) in [7, 11) is -3.53. The summed E-state index contributed by atoms with van der Waals surface area (Å²) in [5, 5.41) is 11.2. The Bertz CT molecular complexity index is 891. The number of hydrogen-bond acceptors (Lipinski definition) is 8. The first kappa shape index (κ1) is 20.6. The summed E-state index contributed by atoms with van der Waals surface area (Å²) < 4.78 is 27.8. The maximum absolute atomic E-state index is 12.8. The topological polar surface area (TPSA) is 92.3 Å². The fourth-order valence-corrected chi connectivity index (χ4v) is 5.86. The molecule has 0 aliphatic carbocycles. The molecule has 3 rings (SSSR count). The molecule has 0 saturated carbocycles. The number of benzene rings is 1. The van der Waals surface area contributed by atoms with Crippen LogP contribution >= 0.6 is 34.9 Å². The van der Waals surface area contributed by atoms with Gasteiger partial charge in [0.05, 0.1) is 4.90 Å². The van der Waals surface area contributed by atoms with Gasteiger partial charge in [0.1, 0.15) is 0 Å². The number of thioether (sulfide) groups is 2. The lowest BCUT2D eigenvalue weighted by atomic mass is 9.97. The quantitative estimate of drug-likeness (QED) is 0.541. The molecule has 2 heterocycles. The van der Waals surface area contributed by atoms with Crippen LogP contribution in [0.25, 0.3) is 0 Å². The van der Waals surface area contributed by atoms with Crippen molar-refractivity contribution in [2.45, 2.75) is 27.0 Å². The second kappa shape index (κ2) is 8.91. The third-order valence-corrected chi connectivity index (χ3v) is 8.80. The van der Waals surface area contributed by atoms with Gasteiger partial charge in [0.2, 0.25) is 21.1 Å². The van der Waals surface area contributed by atoms with Gasteiger partial charge in [-0.05, 0) is 49.6 Å². The Morgan fingerprint density at radius 3 is 2.37 bits per heavy atom. The molecule has 1 aromatic carbocycles. The summed E-state index contributed by atoms with van der Waals surface area (Å²) in [5.74, 6) is -0.350. The van der Waals surface area contributed by atoms with Gasteiger partial charge in [-0.1, -0.05) is 23.1 Å². The Labute approximate surface area is 171 Å². The number of aromatic nitrogens is 2. The predicted molar refractivity (Wildman–Crippen MR) is 110 cm³/mol. The van der Waals surface area contributed by atoms with E-state index < -0.39 is 10.0 Å². The summed E-state index contributed by atoms with van der Waals surface area (Å²) >= 11 is 4.37. The van der Waals surface area contributed by atoms with E-state index >= 15 is 0 Å². The Kier molecular flexibility index (Phi) is 6.79. The van der Waals surface area contributed by atoms with Gasteiger partial charge in [0.25, 0.3) is 0 Å². The van der Waals surface area contributed by atoms with Gasteiger partial charge in [-0.3, -0.25) is 4.79 Å². The monoisotopic (exact) mass is 444 g/mol. The number of carbonyl (C=O) groups is 1. The summed E-state index contributed by atoms with van der Waals surface area (Å²) in [6, 6.07) is 6.89. The molecule has 1 N–H and O–H groups in total. The van der Waals surface area contributed by atoms with E-state index in [9.17, 15) is 13.2 Å². The van der Waals surface area contributed by atoms with E-state index in [-0.39, 0.29) is 11.8 Å². The molecule has 1 aromatic heterocycles. The minimum absolute atomic E-state index is 0.125. The molecule has 1 fully saturated rings. The van der Waals surface area contributed by atoms with Crippen LogP contribution in [0.1, 0.15) is 12.8 Å². The smallest absolute Gasteiger partial charge is 0.243 e. The van der Waals surface area contributed by atoms with Crippen molar-refractivity contribution in [2.75, 3.05) is 30.9 Å². The molecule has 1 amide bonds. The molecule has 7 nitrogen and oxygen atoms in total. The van der Waals surface area contributed by atoms with Gasteiger partial charge in [-0.2, -0.15) is 4.31 Å². The molecule has 1 saturated heterocycles. The standard InChI is InChI=1S/C16H20N4O3S4/c1-24-12-3-5-13(6-4-12)27(22,23)20-9-7-11(8-10-20)14(21)17-15-18-19-16(25-2)26-15/h3-6,11H,7-10H2,1-2H3,(H,17,18,21). The van der Waals surface area contributed by atoms with Gasteiger partial charge in [-0.25, -0.2) is 8.42 Å². The number of nitrogens with zero attached hydrogens (tertiary/aromatic N) is 3. The van der Waals surface area contributed by atoms with Gasteiger partial charge in [0, 0.05) is 23.9 Å². The van der Waals surface area contributed by atoms with Crippen molar-refractivity contribution in [3.63, 3.8) is 0 Å². The van der Waals surface area contributed by atoms with Gasteiger partial charge >= 0.3 is 0 Å². The Morgan fingerprint density at radius 1 is 1.15 bits per heavy atom. The average molecular weight is 445 g/mol. The van der Waals surface area contributed by atoms with Crippen LogP contribution in [0.15, 0.2) is 38.4 Å². The van der Waals surface area contributed by atoms with Crippen LogP contribution in [-0.4, -0.2) is 54.4 Å². The van der Waals surface area contributed by atoms with Crippen molar-refractivity contribution >= 4 is 55.9 Å². The number of nitrogens with one attached hydrogen (secondary N) is 1. The summed E-state index contributed by atoms with van der Waals surface area (Å²) in [4.78, 5) is 13.7. The molecule has 1 aliphatic rings. The lowest BCUT2D eigenvalue weighted by molar-refractivity contribution is -0.120. The number of hydrogen-bond donors (Lipinski definition) is 1. The number of carbonyl (C=O) groups excluding carboxylic acids is 1. The minimum atomic E-state index is -3.53. The van der Waals surface area contributed by atoms with Crippen LogP contribution in [0.5, 0.6) is 0 Å². The van der Waals surface area contributed by atoms with E-state index in [4.69, 9.17) is 0 Å². The van der Waals surface area contributed by atoms with Gasteiger partial charge in [-0.15, -0.1) is 22.0 Å². The number of anilines is 1. The minimum Gasteiger partial charge on any atom is -0.300 e. The van der Waals surface area contributed by atoms with E-state index in [1.165, 1.54) is 27.4 Å². The fourth-order valence-electron chi connectivity index (χ4n) is 2.81. The van der Waals surface area contributed by atoms with Crippen molar-refractivity contribution in [1.29, 1.82) is 0 Å². The van der Waals surface area contributed by atoms with Crippen molar-refractivity contribution in [3.8, 4) is 0 Å². The molecule has 0 spiro atoms. The Balaban J connectivity index is 1.59. The number of amides is 1. The molecular weight excluding hydrogens is 424 g/mol. The Hall–Kier alpha value is -1.14. The molecule has 0 atom stereocenters. The highest BCUT2D eigenvalue weighted by Gasteiger charge is 2.32. The molecule has 0 radical (unpaired) electrons. The number of rotatable bonds is 6. The zero-order valence-corrected chi connectivity index (χ0v) is 18.2. The highest BCUT2D eigenvalue weighted by Crippen LogP contribution is 2.27. The highest BCUT2D eigenvalue weighted by atomic mass is 32.2. The molecule has 0 bridgehead atoms. The number of piperidine rings is 1. The molecule has 1 aliphatic heterocycles. The lowest BCUT2D eigenvalue weighted by Crippen LogP contribution is -2.41. The number of sulfonamides is 1. The highest BCUT2D eigenvalue weighted by molar-refractivity contribution is 8.00. The zero-order chi connectivity index (χ0) is 19.4. The first-order valence-electron chi connectivity index (χ1n) is 8.26. The molecule has 146 valence electrons. The van der Waals surface area contributed by atoms with Crippen molar-refractivity contribution < 1.29 is 13.2 Å². The maximum Gasteiger partial charge on any atom is 0.243 e. The van der Waals surface area contributed by atoms with E-state index in [1.807, 2.05) is 24.6 Å². The second-order valence-corrected chi connectivity index (χ2v) is 10.8. The third-order valence-electron chi connectivity index (χ3n) is 4.33. The largest absolute Gasteiger partial charge is 0.300 e. The van der Waals surface area contributed by atoms with E-state index in [1.54, 1.807) is 23.9 Å². The van der Waals surface area contributed by atoms with Crippen molar-refractivity contribution in [1.82, 2.24) is 14.5 Å². The van der Waals surface area contributed by atoms with Crippen LogP contribution < -0.4 is 5.32 Å². The molecule has 11 heteroatoms. The fraction of sp³-hybridized carbons (Fsp3) is 0.438. The van der Waals surface area contributed by atoms with Crippen LogP contribution in [0.3, 0.4) is 0 Å². The van der Waals surface area contributed by atoms with Crippen LogP contribution in [0.2, 0.25) is 0 Å². The molecule has 0 unspecified atom stereocenters. The Morgan fingerprint density at radius 2 is 1.81 bits per heavy atom. The van der Waals surface area contributed by atoms with E-state index in [0.29, 0.717) is 36.0 Å². The van der Waals surface area contributed by atoms with Crippen molar-refractivity contribution in [3.05, 3.63) is 24.3 Å². The van der Waals surface area contributed by atoms with Gasteiger partial charge < -0.3 is 5.32 Å². The SMILES string of the molecule is CSc1ccc(S(=O)(=O)N2CCC(C(=O)Nc3nnc(SC)s3)CC2)cc1. The lowest BCUT2D eigenvalue weighted by Gasteiger charge is -2.30. The van der Waals surface area contributed by atoms with Crippen LogP contribution in [-0.2, 0) is 14.8 Å². The zero-order valence-electron chi connectivity index (χ0n) is 14.9. The average Bonchev–Trinajstić information content (AvgIpc) is 3.15. The second-order valence-electron chi connectivity index (χ2n) is 5.92. The van der Waals surface area contributed by atoms with E-state index in [2.05, 4.69) is 15.5 Å². The van der Waals surface area contributed by atoms with E-state index in [0.717, 1.165) is 9.24 Å². The summed E-state index contributed by atoms with van der Waals surface area (Å²) in [6.07, 6.45) is 4.82. The summed E-state index contributed by atoms with van der Waals surface area (Å²) in [5.41, 5.74) is 0.